The molecule has 36 valence electrons. The van der Waals surface area contributed by atoms with Crippen LogP contribution in [0.15, 0.2) is 0 Å². The van der Waals surface area contributed by atoms with Gasteiger partial charge in [0.1, 0.15) is 0 Å². The van der Waals surface area contributed by atoms with Crippen LogP contribution in [0, 0.1) is 0 Å². The van der Waals surface area contributed by atoms with Gasteiger partial charge in [-0.2, -0.15) is 0 Å². The molecule has 0 aliphatic rings. The zero-order valence-corrected chi connectivity index (χ0v) is 4.20. The van der Waals surface area contributed by atoms with Gasteiger partial charge < -0.3 is 0 Å². The zero-order valence-electron chi connectivity index (χ0n) is 3.38. The van der Waals surface area contributed by atoms with Gasteiger partial charge in [-0.15, -0.1) is 0 Å². The highest BCUT2D eigenvalue weighted by Crippen LogP contribution is 1.70. The largest absolute Gasteiger partial charge is 0.305 e. The first-order valence-electron chi connectivity index (χ1n) is 1.51. The molecule has 0 aromatic heterocycles. The minimum Gasteiger partial charge on any atom is -0.295 e. The lowest BCUT2D eigenvalue weighted by Gasteiger charge is -1.77. The first-order chi connectivity index (χ1) is 2.56. The SMILES string of the molecule is CBS(=O)(=O)O. The Hall–Kier alpha value is -0.0251. The summed E-state index contributed by atoms with van der Waals surface area (Å²) in [5.41, 5.74) is 0. The monoisotopic (exact) mass is 108 g/mol. The second kappa shape index (κ2) is 1.62. The van der Waals surface area contributed by atoms with Crippen LogP contribution in [-0.2, 0) is 9.97 Å². The summed E-state index contributed by atoms with van der Waals surface area (Å²) in [6.07, 6.45) is 0. The molecule has 0 aromatic carbocycles. The van der Waals surface area contributed by atoms with Crippen molar-refractivity contribution in [2.24, 2.45) is 0 Å². The minimum absolute atomic E-state index is 0.201. The van der Waals surface area contributed by atoms with Gasteiger partial charge in [0.15, 0.2) is 0 Å². The fraction of sp³-hybridized carbons (Fsp3) is 1.00. The van der Waals surface area contributed by atoms with Gasteiger partial charge in [-0.05, 0) is 0 Å². The number of hydrogen-bond acceptors (Lipinski definition) is 2. The molecular formula is CH5BO3S. The van der Waals surface area contributed by atoms with Gasteiger partial charge in [-0.1, -0.05) is 6.82 Å². The first kappa shape index (κ1) is 5.97. The number of rotatable bonds is 1. The summed E-state index contributed by atoms with van der Waals surface area (Å²) in [6, 6.07) is 0. The maximum atomic E-state index is 9.56. The maximum Gasteiger partial charge on any atom is 0.305 e. The van der Waals surface area contributed by atoms with E-state index in [0.29, 0.717) is 0 Å². The summed E-state index contributed by atoms with van der Waals surface area (Å²) in [6.45, 7) is 1.17. The van der Waals surface area contributed by atoms with Crippen molar-refractivity contribution in [3.05, 3.63) is 0 Å². The average Bonchev–Trinajstić information content (AvgIpc) is 1.35. The van der Waals surface area contributed by atoms with E-state index in [1.54, 1.807) is 0 Å². The maximum absolute atomic E-state index is 9.56. The van der Waals surface area contributed by atoms with Crippen molar-refractivity contribution in [3.63, 3.8) is 0 Å². The van der Waals surface area contributed by atoms with Crippen molar-refractivity contribution in [2.75, 3.05) is 0 Å². The van der Waals surface area contributed by atoms with Crippen LogP contribution >= 0.6 is 0 Å². The normalized spacial score (nSPS) is 11.0. The molecule has 0 atom stereocenters. The molecule has 1 N–H and O–H groups in total. The Labute approximate surface area is 37.3 Å². The predicted octanol–water partition coefficient (Wildman–Crippen LogP) is -0.726. The molecule has 0 radical (unpaired) electrons. The molecule has 0 rings (SSSR count). The van der Waals surface area contributed by atoms with Crippen LogP contribution in [0.5, 0.6) is 0 Å². The molecule has 0 saturated heterocycles. The average molecular weight is 108 g/mol. The van der Waals surface area contributed by atoms with Gasteiger partial charge in [0.05, 0.1) is 0 Å². The van der Waals surface area contributed by atoms with E-state index >= 15 is 0 Å². The molecule has 0 aliphatic carbocycles. The molecule has 0 aliphatic heterocycles. The van der Waals surface area contributed by atoms with Gasteiger partial charge in [-0.25, -0.2) is 8.42 Å². The van der Waals surface area contributed by atoms with E-state index in [-0.39, 0.29) is 6.56 Å². The molecular weight excluding hydrogens is 103 g/mol. The molecule has 0 bridgehead atoms. The summed E-state index contributed by atoms with van der Waals surface area (Å²) >= 11 is 0. The van der Waals surface area contributed by atoms with Crippen molar-refractivity contribution in [1.82, 2.24) is 0 Å². The minimum atomic E-state index is -3.66. The molecule has 0 spiro atoms. The highest BCUT2D eigenvalue weighted by Gasteiger charge is 1.97. The lowest BCUT2D eigenvalue weighted by Crippen LogP contribution is -2.02. The van der Waals surface area contributed by atoms with Crippen molar-refractivity contribution < 1.29 is 13.0 Å². The standard InChI is InChI=1S/CH5BO3S/c1-2-6(3,4)5/h2H,1H3,(H,3,4,5). The topological polar surface area (TPSA) is 54.4 Å². The van der Waals surface area contributed by atoms with E-state index in [1.807, 2.05) is 0 Å². The Kier molecular flexibility index (Phi) is 1.61. The summed E-state index contributed by atoms with van der Waals surface area (Å²) in [7, 11) is -3.66. The van der Waals surface area contributed by atoms with Crippen LogP contribution in [0.2, 0.25) is 6.82 Å². The third kappa shape index (κ3) is 3.97. The lowest BCUT2D eigenvalue weighted by molar-refractivity contribution is 0.500. The van der Waals surface area contributed by atoms with E-state index in [1.165, 1.54) is 6.82 Å². The fourth-order valence-corrected chi connectivity index (χ4v) is 0. The summed E-state index contributed by atoms with van der Waals surface area (Å²) in [5, 5.41) is 0. The Morgan fingerprint density at radius 3 is 1.83 bits per heavy atom. The van der Waals surface area contributed by atoms with Gasteiger partial charge in [0.25, 0.3) is 0 Å². The fourth-order valence-electron chi connectivity index (χ4n) is 0. The van der Waals surface area contributed by atoms with Crippen LogP contribution in [0.1, 0.15) is 0 Å². The molecule has 0 amide bonds. The van der Waals surface area contributed by atoms with Gasteiger partial charge in [-0.3, -0.25) is 4.55 Å². The highest BCUT2D eigenvalue weighted by atomic mass is 32.2. The van der Waals surface area contributed by atoms with E-state index in [9.17, 15) is 8.42 Å². The van der Waals surface area contributed by atoms with E-state index in [4.69, 9.17) is 4.55 Å². The molecule has 5 heteroatoms. The van der Waals surface area contributed by atoms with Crippen molar-refractivity contribution in [3.8, 4) is 0 Å². The first-order valence-corrected chi connectivity index (χ1v) is 3.12. The van der Waals surface area contributed by atoms with Crippen LogP contribution < -0.4 is 0 Å². The molecule has 0 heterocycles. The van der Waals surface area contributed by atoms with Crippen LogP contribution in [-0.4, -0.2) is 19.5 Å². The molecule has 0 fully saturated rings. The van der Waals surface area contributed by atoms with Crippen LogP contribution in [0.25, 0.3) is 0 Å². The zero-order chi connectivity index (χ0) is 5.21. The second-order valence-corrected chi connectivity index (χ2v) is 2.61. The Bertz CT molecular complexity index is 113. The summed E-state index contributed by atoms with van der Waals surface area (Å²) in [5.74, 6) is 0. The molecule has 0 aromatic rings. The summed E-state index contributed by atoms with van der Waals surface area (Å²) in [4.78, 5) is 0. The van der Waals surface area contributed by atoms with Crippen molar-refractivity contribution in [2.45, 2.75) is 6.82 Å². The highest BCUT2D eigenvalue weighted by molar-refractivity contribution is 8.10. The van der Waals surface area contributed by atoms with Crippen molar-refractivity contribution in [1.29, 1.82) is 0 Å². The quantitative estimate of drug-likeness (QED) is 0.356. The molecule has 3 nitrogen and oxygen atoms in total. The Morgan fingerprint density at radius 2 is 1.83 bits per heavy atom. The lowest BCUT2D eigenvalue weighted by atomic mass is 10.2. The smallest absolute Gasteiger partial charge is 0.295 e. The van der Waals surface area contributed by atoms with Crippen molar-refractivity contribution >= 4 is 16.5 Å². The summed E-state index contributed by atoms with van der Waals surface area (Å²) < 4.78 is 26.9. The van der Waals surface area contributed by atoms with E-state index < -0.39 is 9.97 Å². The number of hydrogen-bond donors (Lipinski definition) is 1. The Balaban J connectivity index is 3.85. The van der Waals surface area contributed by atoms with Crippen LogP contribution in [0.4, 0.5) is 0 Å². The van der Waals surface area contributed by atoms with Gasteiger partial charge in [0, 0.05) is 0 Å². The predicted molar refractivity (Wildman–Crippen MR) is 24.6 cm³/mol. The van der Waals surface area contributed by atoms with E-state index in [2.05, 4.69) is 0 Å². The van der Waals surface area contributed by atoms with Crippen LogP contribution in [0.3, 0.4) is 0 Å². The van der Waals surface area contributed by atoms with E-state index in [0.717, 1.165) is 0 Å². The third-order valence-electron chi connectivity index (χ3n) is 0.365. The third-order valence-corrected chi connectivity index (χ3v) is 1.09. The van der Waals surface area contributed by atoms with Gasteiger partial charge in [0.2, 0.25) is 9.97 Å². The second-order valence-electron chi connectivity index (χ2n) is 0.871. The Morgan fingerprint density at radius 1 is 1.67 bits per heavy atom. The molecule has 6 heavy (non-hydrogen) atoms. The molecule has 0 saturated carbocycles. The molecule has 0 unspecified atom stereocenters. The van der Waals surface area contributed by atoms with Gasteiger partial charge >= 0.3 is 6.56 Å².